The molecule has 4 rings (SSSR count). The maximum Gasteiger partial charge on any atom is 0.282 e. The smallest absolute Gasteiger partial charge is 0.282 e. The second kappa shape index (κ2) is 5.82. The van der Waals surface area contributed by atoms with Crippen molar-refractivity contribution >= 4 is 5.82 Å². The van der Waals surface area contributed by atoms with Crippen LogP contribution in [0.2, 0.25) is 0 Å². The van der Waals surface area contributed by atoms with Gasteiger partial charge in [0, 0.05) is 0 Å². The number of nitrogens with two attached hydrogens (primary N) is 1. The maximum absolute atomic E-state index is 13.8. The average Bonchev–Trinajstić information content (AvgIpc) is 3.23. The van der Waals surface area contributed by atoms with Gasteiger partial charge in [0.2, 0.25) is 5.82 Å². The topological polar surface area (TPSA) is 95.6 Å². The fraction of sp³-hybridized carbons (Fsp3) is 0.0588. The number of anilines is 1. The molecule has 0 aliphatic carbocycles. The van der Waals surface area contributed by atoms with Gasteiger partial charge < -0.3 is 10.3 Å². The van der Waals surface area contributed by atoms with Crippen LogP contribution in [0, 0.1) is 12.7 Å². The summed E-state index contributed by atoms with van der Waals surface area (Å²) in [6.45, 7) is 1.99. The molecule has 0 amide bonds. The maximum atomic E-state index is 13.8. The highest BCUT2D eigenvalue weighted by atomic mass is 19.1. The van der Waals surface area contributed by atoms with E-state index >= 15 is 0 Å². The Morgan fingerprint density at radius 2 is 1.84 bits per heavy atom. The molecule has 25 heavy (non-hydrogen) atoms. The molecule has 0 fully saturated rings. The van der Waals surface area contributed by atoms with E-state index in [9.17, 15) is 4.39 Å². The minimum absolute atomic E-state index is 0.0779. The molecule has 0 unspecified atom stereocenters. The molecule has 2 aromatic heterocycles. The molecule has 0 saturated heterocycles. The lowest BCUT2D eigenvalue weighted by molar-refractivity contribution is 0.430. The van der Waals surface area contributed by atoms with E-state index < -0.39 is 5.82 Å². The van der Waals surface area contributed by atoms with Gasteiger partial charge in [0.05, 0.1) is 11.3 Å². The Morgan fingerprint density at radius 1 is 1.08 bits per heavy atom. The van der Waals surface area contributed by atoms with Gasteiger partial charge in [-0.1, -0.05) is 40.2 Å². The molecule has 0 spiro atoms. The van der Waals surface area contributed by atoms with Crippen molar-refractivity contribution in [2.24, 2.45) is 0 Å². The standard InChI is InChI=1S/C17H13FN6O/c1-10-6-8-11(9-7-10)24-15(19)14(21-23-24)17-20-16(22-25-17)12-4-2-3-5-13(12)18/h2-9H,19H2,1H3. The molecule has 0 saturated carbocycles. The third kappa shape index (κ3) is 2.63. The Bertz CT molecular complexity index is 1040. The zero-order valence-corrected chi connectivity index (χ0v) is 13.2. The SMILES string of the molecule is Cc1ccc(-n2nnc(-c3nc(-c4ccccc4F)no3)c2N)cc1. The first-order valence-electron chi connectivity index (χ1n) is 7.50. The van der Waals surface area contributed by atoms with E-state index in [1.807, 2.05) is 31.2 Å². The summed E-state index contributed by atoms with van der Waals surface area (Å²) in [4.78, 5) is 4.18. The van der Waals surface area contributed by atoms with Crippen LogP contribution in [0.25, 0.3) is 28.7 Å². The van der Waals surface area contributed by atoms with Crippen LogP contribution in [0.3, 0.4) is 0 Å². The largest absolute Gasteiger partial charge is 0.382 e. The van der Waals surface area contributed by atoms with E-state index in [1.54, 1.807) is 18.2 Å². The number of hydrogen-bond donors (Lipinski definition) is 1. The highest BCUT2D eigenvalue weighted by Gasteiger charge is 2.20. The van der Waals surface area contributed by atoms with Gasteiger partial charge in [-0.25, -0.2) is 4.39 Å². The third-order valence-electron chi connectivity index (χ3n) is 3.73. The Labute approximate surface area is 141 Å². The van der Waals surface area contributed by atoms with E-state index in [0.717, 1.165) is 11.3 Å². The van der Waals surface area contributed by atoms with Crippen molar-refractivity contribution in [3.63, 3.8) is 0 Å². The zero-order chi connectivity index (χ0) is 17.4. The molecule has 2 heterocycles. The molecule has 2 N–H and O–H groups in total. The lowest BCUT2D eigenvalue weighted by Gasteiger charge is -2.02. The minimum Gasteiger partial charge on any atom is -0.382 e. The van der Waals surface area contributed by atoms with Crippen molar-refractivity contribution in [3.8, 4) is 28.7 Å². The van der Waals surface area contributed by atoms with E-state index in [0.29, 0.717) is 0 Å². The fourth-order valence-electron chi connectivity index (χ4n) is 2.39. The van der Waals surface area contributed by atoms with Gasteiger partial charge in [-0.2, -0.15) is 9.67 Å². The van der Waals surface area contributed by atoms with Crippen molar-refractivity contribution < 1.29 is 8.91 Å². The fourth-order valence-corrected chi connectivity index (χ4v) is 2.39. The van der Waals surface area contributed by atoms with Gasteiger partial charge in [-0.3, -0.25) is 0 Å². The van der Waals surface area contributed by atoms with Crippen molar-refractivity contribution in [1.29, 1.82) is 0 Å². The predicted molar refractivity (Wildman–Crippen MR) is 89.2 cm³/mol. The van der Waals surface area contributed by atoms with Gasteiger partial charge in [-0.05, 0) is 31.2 Å². The lowest BCUT2D eigenvalue weighted by atomic mass is 10.2. The van der Waals surface area contributed by atoms with Gasteiger partial charge in [0.15, 0.2) is 11.5 Å². The van der Waals surface area contributed by atoms with E-state index in [-0.39, 0.29) is 28.8 Å². The number of aromatic nitrogens is 5. The number of aryl methyl sites for hydroxylation is 1. The number of halogens is 1. The van der Waals surface area contributed by atoms with Crippen LogP contribution in [0.1, 0.15) is 5.56 Å². The Morgan fingerprint density at radius 3 is 2.60 bits per heavy atom. The second-order valence-corrected chi connectivity index (χ2v) is 5.47. The summed E-state index contributed by atoms with van der Waals surface area (Å²) in [5, 5.41) is 11.8. The van der Waals surface area contributed by atoms with Crippen molar-refractivity contribution in [2.45, 2.75) is 6.92 Å². The Hall–Kier alpha value is -3.55. The van der Waals surface area contributed by atoms with E-state index in [2.05, 4.69) is 20.5 Å². The summed E-state index contributed by atoms with van der Waals surface area (Å²) < 4.78 is 20.5. The first-order valence-corrected chi connectivity index (χ1v) is 7.50. The summed E-state index contributed by atoms with van der Waals surface area (Å²) in [6, 6.07) is 13.8. The van der Waals surface area contributed by atoms with E-state index in [4.69, 9.17) is 10.3 Å². The molecule has 2 aromatic carbocycles. The quantitative estimate of drug-likeness (QED) is 0.618. The monoisotopic (exact) mass is 336 g/mol. The molecular formula is C17H13FN6O. The minimum atomic E-state index is -0.439. The van der Waals surface area contributed by atoms with Crippen LogP contribution < -0.4 is 5.73 Å². The third-order valence-corrected chi connectivity index (χ3v) is 3.73. The van der Waals surface area contributed by atoms with Gasteiger partial charge in [0.1, 0.15) is 5.82 Å². The van der Waals surface area contributed by atoms with E-state index in [1.165, 1.54) is 10.7 Å². The molecule has 0 bridgehead atoms. The van der Waals surface area contributed by atoms with Crippen molar-refractivity contribution in [1.82, 2.24) is 25.1 Å². The molecule has 0 radical (unpaired) electrons. The van der Waals surface area contributed by atoms with Crippen LogP contribution in [-0.2, 0) is 0 Å². The molecule has 7 nitrogen and oxygen atoms in total. The summed E-state index contributed by atoms with van der Waals surface area (Å²) in [6.07, 6.45) is 0. The summed E-state index contributed by atoms with van der Waals surface area (Å²) >= 11 is 0. The van der Waals surface area contributed by atoms with Crippen LogP contribution in [-0.4, -0.2) is 25.1 Å². The molecule has 4 aromatic rings. The van der Waals surface area contributed by atoms with Gasteiger partial charge >= 0.3 is 0 Å². The predicted octanol–water partition coefficient (Wildman–Crippen LogP) is 3.01. The highest BCUT2D eigenvalue weighted by Crippen LogP contribution is 2.27. The summed E-state index contributed by atoms with van der Waals surface area (Å²) in [5.41, 5.74) is 8.48. The van der Waals surface area contributed by atoms with Crippen LogP contribution in [0.4, 0.5) is 10.2 Å². The van der Waals surface area contributed by atoms with Crippen molar-refractivity contribution in [2.75, 3.05) is 5.73 Å². The Kier molecular flexibility index (Phi) is 3.50. The lowest BCUT2D eigenvalue weighted by Crippen LogP contribution is -2.02. The number of nitrogens with zero attached hydrogens (tertiary/aromatic N) is 5. The number of benzene rings is 2. The Balaban J connectivity index is 1.72. The number of hydrogen-bond acceptors (Lipinski definition) is 6. The molecular weight excluding hydrogens is 323 g/mol. The molecule has 0 aliphatic rings. The molecule has 124 valence electrons. The highest BCUT2D eigenvalue weighted by molar-refractivity contribution is 5.66. The molecule has 8 heteroatoms. The first-order chi connectivity index (χ1) is 12.1. The zero-order valence-electron chi connectivity index (χ0n) is 13.2. The number of nitrogen functional groups attached to an aromatic ring is 1. The van der Waals surface area contributed by atoms with Gasteiger partial charge in [0.25, 0.3) is 5.89 Å². The summed E-state index contributed by atoms with van der Waals surface area (Å²) in [5.74, 6) is 0.0187. The normalized spacial score (nSPS) is 11.0. The molecule has 0 aliphatic heterocycles. The van der Waals surface area contributed by atoms with Crippen LogP contribution in [0.15, 0.2) is 53.1 Å². The summed E-state index contributed by atoms with van der Waals surface area (Å²) in [7, 11) is 0. The van der Waals surface area contributed by atoms with Crippen LogP contribution in [0.5, 0.6) is 0 Å². The number of rotatable bonds is 3. The van der Waals surface area contributed by atoms with Crippen molar-refractivity contribution in [3.05, 3.63) is 59.9 Å². The second-order valence-electron chi connectivity index (χ2n) is 5.47. The first kappa shape index (κ1) is 15.0. The average molecular weight is 336 g/mol. The van der Waals surface area contributed by atoms with Crippen LogP contribution >= 0.6 is 0 Å². The van der Waals surface area contributed by atoms with Gasteiger partial charge in [-0.15, -0.1) is 5.10 Å². The molecule has 0 atom stereocenters.